The Bertz CT molecular complexity index is 5560. The fourth-order valence-corrected chi connectivity index (χ4v) is 18.0. The number of hydrogen-bond donors (Lipinski definition) is 0. The topological polar surface area (TPSA) is 4.93 Å². The van der Waals surface area contributed by atoms with E-state index in [1.807, 2.05) is 13.8 Å². The van der Waals surface area contributed by atoms with Gasteiger partial charge in [0.15, 0.2) is 0 Å². The first-order valence-corrected chi connectivity index (χ1v) is 32.7. The summed E-state index contributed by atoms with van der Waals surface area (Å²) in [7, 11) is 0. The minimum atomic E-state index is -0.482. The van der Waals surface area contributed by atoms with Crippen molar-refractivity contribution in [3.8, 4) is 72.4 Å². The van der Waals surface area contributed by atoms with Crippen LogP contribution in [0, 0.1) is 0 Å². The molecule has 14 aromatic carbocycles. The zero-order chi connectivity index (χ0) is 60.8. The third-order valence-electron chi connectivity index (χ3n) is 21.1. The second kappa shape index (κ2) is 20.1. The molecular formula is C91H61N. The van der Waals surface area contributed by atoms with Gasteiger partial charge in [0.25, 0.3) is 0 Å². The van der Waals surface area contributed by atoms with Crippen LogP contribution >= 0.6 is 0 Å². The van der Waals surface area contributed by atoms with E-state index in [-0.39, 0.29) is 11.3 Å². The Morgan fingerprint density at radius 1 is 0.293 bits per heavy atom. The molecule has 0 N–H and O–H groups in total. The van der Waals surface area contributed by atoms with Gasteiger partial charge in [-0.2, -0.15) is 0 Å². The fourth-order valence-electron chi connectivity index (χ4n) is 18.0. The Morgan fingerprint density at radius 3 is 1.42 bits per heavy atom. The van der Waals surface area contributed by atoms with Crippen LogP contribution in [-0.2, 0) is 10.8 Å². The van der Waals surface area contributed by atoms with Gasteiger partial charge in [-0.3, -0.25) is 0 Å². The van der Waals surface area contributed by atoms with Crippen LogP contribution < -0.4 is 0 Å². The van der Waals surface area contributed by atoms with Gasteiger partial charge in [0.05, 0.1) is 21.9 Å². The molecule has 2 spiro atoms. The average Bonchev–Trinajstić information content (AvgIpc) is 1.50. The second-order valence-electron chi connectivity index (χ2n) is 25.1. The highest BCUT2D eigenvalue weighted by atomic mass is 15.0. The molecule has 0 bridgehead atoms. The number of nitrogens with zero attached hydrogens (tertiary/aromatic N) is 1. The third kappa shape index (κ3) is 6.82. The van der Waals surface area contributed by atoms with Crippen LogP contribution in [0.5, 0.6) is 0 Å². The third-order valence-corrected chi connectivity index (χ3v) is 21.1. The lowest BCUT2D eigenvalue weighted by Crippen LogP contribution is -2.28. The molecule has 0 saturated carbocycles. The summed E-state index contributed by atoms with van der Waals surface area (Å²) in [5, 5.41) is 2.57. The van der Waals surface area contributed by atoms with E-state index in [9.17, 15) is 0 Å². The summed E-state index contributed by atoms with van der Waals surface area (Å²) < 4.78 is 2.51. The largest absolute Gasteiger partial charge is 0.309 e. The monoisotopic (exact) mass is 1170 g/mol. The molecule has 0 fully saturated rings. The van der Waals surface area contributed by atoms with Crippen molar-refractivity contribution in [2.75, 3.05) is 0 Å². The van der Waals surface area contributed by atoms with Crippen molar-refractivity contribution in [2.45, 2.75) is 30.6 Å². The lowest BCUT2D eigenvalue weighted by Gasteiger charge is -2.33. The zero-order valence-corrected chi connectivity index (χ0v) is 51.2. The molecule has 2 unspecified atom stereocenters. The van der Waals surface area contributed by atoms with E-state index in [1.165, 1.54) is 178 Å². The number of aromatic nitrogens is 1. The maximum absolute atomic E-state index is 2.51. The molecule has 21 rings (SSSR count). The van der Waals surface area contributed by atoms with E-state index in [0.29, 0.717) is 0 Å². The zero-order valence-electron chi connectivity index (χ0n) is 51.2. The summed E-state index contributed by atoms with van der Waals surface area (Å²) in [5.41, 5.74) is 39.6. The maximum Gasteiger partial charge on any atom is 0.0729 e. The van der Waals surface area contributed by atoms with Crippen molar-refractivity contribution < 1.29 is 0 Å². The average molecular weight is 1170 g/mol. The summed E-state index contributed by atoms with van der Waals surface area (Å²) in [5.74, 6) is 0.134. The van der Waals surface area contributed by atoms with Gasteiger partial charge in [-0.1, -0.05) is 317 Å². The number of rotatable bonds is 3. The van der Waals surface area contributed by atoms with Crippen molar-refractivity contribution in [3.63, 3.8) is 0 Å². The Labute approximate surface area is 537 Å². The van der Waals surface area contributed by atoms with Crippen LogP contribution in [0.3, 0.4) is 0 Å². The lowest BCUT2D eigenvalue weighted by atomic mass is 9.67. The Kier molecular flexibility index (Phi) is 11.5. The van der Waals surface area contributed by atoms with Crippen molar-refractivity contribution in [1.29, 1.82) is 0 Å². The molecule has 1 nitrogen and oxygen atoms in total. The molecule has 92 heavy (non-hydrogen) atoms. The van der Waals surface area contributed by atoms with Crippen LogP contribution in [-0.4, -0.2) is 4.57 Å². The molecule has 6 aliphatic carbocycles. The van der Waals surface area contributed by atoms with E-state index in [2.05, 4.69) is 332 Å². The molecule has 2 atom stereocenters. The van der Waals surface area contributed by atoms with Crippen molar-refractivity contribution in [1.82, 2.24) is 4.57 Å². The quantitative estimate of drug-likeness (QED) is 0.166. The van der Waals surface area contributed by atoms with Gasteiger partial charge in [0.1, 0.15) is 0 Å². The SMILES string of the molecule is C(=C1\c2ccccc2-c2ccc3c(c21)-c1ccccc1C31c2ccccc2-c2ccccc21)/c1ccccc1.CC.c1ccc(C2c3ccccc3-c3ccc4c(c32)C2(c3ccccc3-4)c3ccccc3-c3c2ccc2c4ccccc4n(-c4ccccc4)c32)cc1. The Morgan fingerprint density at radius 2 is 0.750 bits per heavy atom. The number of fused-ring (bicyclic) bond motifs is 32. The first kappa shape index (κ1) is 52.5. The number of benzene rings is 14. The van der Waals surface area contributed by atoms with E-state index in [0.717, 1.165) is 0 Å². The molecule has 1 aromatic heterocycles. The van der Waals surface area contributed by atoms with Crippen LogP contribution in [0.2, 0.25) is 0 Å². The molecule has 1 heterocycles. The molecular weight excluding hydrogens is 1110 g/mol. The minimum absolute atomic E-state index is 0.134. The Hall–Kier alpha value is -11.4. The van der Waals surface area contributed by atoms with Gasteiger partial charge >= 0.3 is 0 Å². The normalized spacial score (nSPS) is 16.2. The summed E-state index contributed by atoms with van der Waals surface area (Å²) in [6, 6.07) is 120. The van der Waals surface area contributed by atoms with Gasteiger partial charge in [0, 0.05) is 27.9 Å². The molecule has 430 valence electrons. The van der Waals surface area contributed by atoms with Crippen LogP contribution in [0.1, 0.15) is 97.7 Å². The molecule has 0 aliphatic heterocycles. The molecule has 0 amide bonds. The van der Waals surface area contributed by atoms with Crippen LogP contribution in [0.4, 0.5) is 0 Å². The summed E-state index contributed by atoms with van der Waals surface area (Å²) >= 11 is 0. The predicted molar refractivity (Wildman–Crippen MR) is 383 cm³/mol. The van der Waals surface area contributed by atoms with E-state index >= 15 is 0 Å². The van der Waals surface area contributed by atoms with Crippen molar-refractivity contribution in [3.05, 3.63) is 399 Å². The molecule has 0 radical (unpaired) electrons. The number of para-hydroxylation sites is 2. The first-order chi connectivity index (χ1) is 45.7. The van der Waals surface area contributed by atoms with Gasteiger partial charge in [-0.25, -0.2) is 0 Å². The highest BCUT2D eigenvalue weighted by molar-refractivity contribution is 6.17. The highest BCUT2D eigenvalue weighted by Crippen LogP contribution is 2.69. The molecule has 0 saturated heterocycles. The van der Waals surface area contributed by atoms with Crippen molar-refractivity contribution >= 4 is 33.5 Å². The lowest BCUT2D eigenvalue weighted by molar-refractivity contribution is 0.775. The van der Waals surface area contributed by atoms with E-state index in [1.54, 1.807) is 0 Å². The van der Waals surface area contributed by atoms with Gasteiger partial charge in [0.2, 0.25) is 0 Å². The molecule has 15 aromatic rings. The maximum atomic E-state index is 2.51. The van der Waals surface area contributed by atoms with Crippen molar-refractivity contribution in [2.24, 2.45) is 0 Å². The predicted octanol–water partition coefficient (Wildman–Crippen LogP) is 22.9. The Balaban J connectivity index is 0.000000133. The molecule has 6 aliphatic rings. The smallest absolute Gasteiger partial charge is 0.0729 e. The van der Waals surface area contributed by atoms with E-state index < -0.39 is 5.41 Å². The second-order valence-corrected chi connectivity index (χ2v) is 25.1. The van der Waals surface area contributed by atoms with Gasteiger partial charge in [-0.05, 0) is 169 Å². The number of hydrogen-bond acceptors (Lipinski definition) is 0. The standard InChI is InChI=1S/C50H31N.C39H24.C2H6/c1-3-15-31(16-4-1)45-36-22-8-7-19-33(36)37-27-28-38-34-20-9-12-24-41(34)50(48(38)47(37)45)42-25-13-10-23-40(42)46-43(50)30-29-39-35-21-11-14-26-44(35)51(49(39)46)32-17-5-2-6-18-32;1-2-12-25(13-3-1)24-32-27-15-5-4-14-26(27)30-22-23-36-38(37(30)32)31-18-8-11-21-35(31)39(36)33-19-9-6-16-28(33)29-17-7-10-20-34(29)39;1-2/h1-30,45H;1-24H;1-2H3/b;32-24-;. The fraction of sp³-hybridized carbons (Fsp3) is 0.0549. The summed E-state index contributed by atoms with van der Waals surface area (Å²) in [6.07, 6.45) is 2.38. The molecule has 1 heteroatoms. The summed E-state index contributed by atoms with van der Waals surface area (Å²) in [4.78, 5) is 0. The first-order valence-electron chi connectivity index (χ1n) is 32.7. The van der Waals surface area contributed by atoms with Crippen LogP contribution in [0.15, 0.2) is 322 Å². The van der Waals surface area contributed by atoms with Gasteiger partial charge in [-0.15, -0.1) is 0 Å². The van der Waals surface area contributed by atoms with Gasteiger partial charge < -0.3 is 4.57 Å². The minimum Gasteiger partial charge on any atom is -0.309 e. The van der Waals surface area contributed by atoms with Crippen LogP contribution in [0.25, 0.3) is 106 Å². The summed E-state index contributed by atoms with van der Waals surface area (Å²) in [6.45, 7) is 4.00. The highest BCUT2D eigenvalue weighted by Gasteiger charge is 2.56. The van der Waals surface area contributed by atoms with E-state index in [4.69, 9.17) is 0 Å².